The van der Waals surface area contributed by atoms with E-state index >= 15 is 0 Å². The molecule has 0 heterocycles. The molecule has 0 aromatic heterocycles. The second-order valence-electron chi connectivity index (χ2n) is 4.67. The molecule has 1 aliphatic rings. The zero-order chi connectivity index (χ0) is 8.97. The van der Waals surface area contributed by atoms with E-state index in [0.29, 0.717) is 0 Å². The molecule has 72 valence electrons. The van der Waals surface area contributed by atoms with E-state index in [1.807, 2.05) is 0 Å². The first kappa shape index (κ1) is 10.1. The summed E-state index contributed by atoms with van der Waals surface area (Å²) in [6.07, 6.45) is 8.79. The van der Waals surface area contributed by atoms with Gasteiger partial charge in [0, 0.05) is 0 Å². The quantitative estimate of drug-likeness (QED) is 0.588. The van der Waals surface area contributed by atoms with Crippen LogP contribution in [0.3, 0.4) is 0 Å². The average Bonchev–Trinajstić information content (AvgIpc) is 2.55. The summed E-state index contributed by atoms with van der Waals surface area (Å²) in [4.78, 5) is 0. The highest BCUT2D eigenvalue weighted by molar-refractivity contribution is 4.75. The van der Waals surface area contributed by atoms with E-state index in [-0.39, 0.29) is 0 Å². The lowest BCUT2D eigenvalue weighted by Gasteiger charge is -2.25. The van der Waals surface area contributed by atoms with E-state index in [4.69, 9.17) is 0 Å². The predicted molar refractivity (Wildman–Crippen MR) is 55.2 cm³/mol. The van der Waals surface area contributed by atoms with Crippen LogP contribution in [0.2, 0.25) is 0 Å². The van der Waals surface area contributed by atoms with Crippen molar-refractivity contribution in [2.24, 2.45) is 17.8 Å². The van der Waals surface area contributed by atoms with Crippen molar-refractivity contribution in [3.63, 3.8) is 0 Å². The Morgan fingerprint density at radius 3 is 2.25 bits per heavy atom. The molecule has 0 saturated heterocycles. The average molecular weight is 168 g/mol. The van der Waals surface area contributed by atoms with E-state index in [1.165, 1.54) is 38.5 Å². The maximum absolute atomic E-state index is 2.47. The minimum Gasteiger partial charge on any atom is -0.0654 e. The normalized spacial score (nSPS) is 24.2. The van der Waals surface area contributed by atoms with Crippen LogP contribution in [0.4, 0.5) is 0 Å². The van der Waals surface area contributed by atoms with Gasteiger partial charge in [-0.1, -0.05) is 59.3 Å². The fourth-order valence-corrected chi connectivity index (χ4v) is 2.67. The van der Waals surface area contributed by atoms with Crippen molar-refractivity contribution in [1.82, 2.24) is 0 Å². The molecule has 0 bridgehead atoms. The third-order valence-corrected chi connectivity index (χ3v) is 3.78. The minimum atomic E-state index is 0.957. The molecule has 1 aliphatic carbocycles. The van der Waals surface area contributed by atoms with Crippen LogP contribution in [0.25, 0.3) is 0 Å². The Balaban J connectivity index is 2.29. The third-order valence-electron chi connectivity index (χ3n) is 3.78. The second-order valence-corrected chi connectivity index (χ2v) is 4.67. The summed E-state index contributed by atoms with van der Waals surface area (Å²) in [5.74, 6) is 3.00. The standard InChI is InChI=1S/C12H24/c1-4-7-10(2)11(3)12-8-5-6-9-12/h10-12H,4-9H2,1-3H3/t10?,11-/m1/s1. The van der Waals surface area contributed by atoms with Gasteiger partial charge in [-0.25, -0.2) is 0 Å². The fraction of sp³-hybridized carbons (Fsp3) is 1.00. The molecule has 0 N–H and O–H groups in total. The van der Waals surface area contributed by atoms with Crippen LogP contribution in [-0.4, -0.2) is 0 Å². The zero-order valence-electron chi connectivity index (χ0n) is 8.97. The van der Waals surface area contributed by atoms with Crippen LogP contribution in [0, 0.1) is 17.8 Å². The molecular weight excluding hydrogens is 144 g/mol. The smallest absolute Gasteiger partial charge is 0.0386 e. The van der Waals surface area contributed by atoms with Crippen molar-refractivity contribution in [2.75, 3.05) is 0 Å². The highest BCUT2D eigenvalue weighted by Gasteiger charge is 2.24. The van der Waals surface area contributed by atoms with Gasteiger partial charge in [0.25, 0.3) is 0 Å². The molecule has 0 aromatic carbocycles. The Kier molecular flexibility index (Phi) is 4.11. The largest absolute Gasteiger partial charge is 0.0654 e. The summed E-state index contributed by atoms with van der Waals surface area (Å²) in [7, 11) is 0. The molecule has 0 radical (unpaired) electrons. The van der Waals surface area contributed by atoms with Crippen LogP contribution in [0.1, 0.15) is 59.3 Å². The molecule has 0 spiro atoms. The fourth-order valence-electron chi connectivity index (χ4n) is 2.67. The maximum Gasteiger partial charge on any atom is -0.0386 e. The van der Waals surface area contributed by atoms with Crippen molar-refractivity contribution in [1.29, 1.82) is 0 Å². The molecule has 0 amide bonds. The molecule has 0 nitrogen and oxygen atoms in total. The molecule has 0 aromatic rings. The Morgan fingerprint density at radius 1 is 1.17 bits per heavy atom. The topological polar surface area (TPSA) is 0 Å². The number of hydrogen-bond acceptors (Lipinski definition) is 0. The molecular formula is C12H24. The van der Waals surface area contributed by atoms with Gasteiger partial charge in [-0.15, -0.1) is 0 Å². The number of hydrogen-bond donors (Lipinski definition) is 0. The van der Waals surface area contributed by atoms with Gasteiger partial charge in [0.15, 0.2) is 0 Å². The van der Waals surface area contributed by atoms with Crippen molar-refractivity contribution in [2.45, 2.75) is 59.3 Å². The Morgan fingerprint density at radius 2 is 1.75 bits per heavy atom. The molecule has 1 saturated carbocycles. The number of rotatable bonds is 4. The zero-order valence-corrected chi connectivity index (χ0v) is 8.97. The summed E-state index contributed by atoms with van der Waals surface area (Å²) < 4.78 is 0. The van der Waals surface area contributed by atoms with Gasteiger partial charge in [-0.2, -0.15) is 0 Å². The van der Waals surface area contributed by atoms with E-state index in [2.05, 4.69) is 20.8 Å². The van der Waals surface area contributed by atoms with E-state index < -0.39 is 0 Å². The summed E-state index contributed by atoms with van der Waals surface area (Å²) in [5.41, 5.74) is 0. The molecule has 0 aliphatic heterocycles. The third kappa shape index (κ3) is 2.50. The van der Waals surface area contributed by atoms with Gasteiger partial charge in [-0.05, 0) is 17.8 Å². The van der Waals surface area contributed by atoms with Crippen LogP contribution in [0.5, 0.6) is 0 Å². The van der Waals surface area contributed by atoms with E-state index in [0.717, 1.165) is 17.8 Å². The predicted octanol–water partition coefficient (Wildman–Crippen LogP) is 4.25. The SMILES string of the molecule is CCCC(C)[C@@H](C)C1CCCC1. The lowest BCUT2D eigenvalue weighted by atomic mass is 9.81. The highest BCUT2D eigenvalue weighted by Crippen LogP contribution is 2.36. The van der Waals surface area contributed by atoms with E-state index in [1.54, 1.807) is 0 Å². The molecule has 12 heavy (non-hydrogen) atoms. The van der Waals surface area contributed by atoms with Gasteiger partial charge in [0.2, 0.25) is 0 Å². The van der Waals surface area contributed by atoms with Crippen molar-refractivity contribution in [3.8, 4) is 0 Å². The summed E-state index contributed by atoms with van der Waals surface area (Å²) in [6, 6.07) is 0. The Labute approximate surface area is 77.7 Å². The van der Waals surface area contributed by atoms with Gasteiger partial charge in [-0.3, -0.25) is 0 Å². The van der Waals surface area contributed by atoms with Crippen molar-refractivity contribution < 1.29 is 0 Å². The van der Waals surface area contributed by atoms with Crippen molar-refractivity contribution in [3.05, 3.63) is 0 Å². The van der Waals surface area contributed by atoms with Crippen LogP contribution >= 0.6 is 0 Å². The first-order valence-corrected chi connectivity index (χ1v) is 5.75. The molecule has 1 unspecified atom stereocenters. The van der Waals surface area contributed by atoms with Gasteiger partial charge >= 0.3 is 0 Å². The lowest BCUT2D eigenvalue weighted by Crippen LogP contribution is -2.16. The first-order valence-electron chi connectivity index (χ1n) is 5.75. The van der Waals surface area contributed by atoms with Gasteiger partial charge in [0.05, 0.1) is 0 Å². The molecule has 0 heteroatoms. The van der Waals surface area contributed by atoms with E-state index in [9.17, 15) is 0 Å². The summed E-state index contributed by atoms with van der Waals surface area (Å²) in [5, 5.41) is 0. The second kappa shape index (κ2) is 4.89. The Bertz CT molecular complexity index is 111. The summed E-state index contributed by atoms with van der Waals surface area (Å²) in [6.45, 7) is 7.21. The molecule has 1 rings (SSSR count). The van der Waals surface area contributed by atoms with Gasteiger partial charge in [0.1, 0.15) is 0 Å². The highest BCUT2D eigenvalue weighted by atomic mass is 14.3. The maximum atomic E-state index is 2.47. The van der Waals surface area contributed by atoms with Crippen LogP contribution in [-0.2, 0) is 0 Å². The monoisotopic (exact) mass is 168 g/mol. The molecule has 2 atom stereocenters. The first-order chi connectivity index (χ1) is 5.75. The summed E-state index contributed by atoms with van der Waals surface area (Å²) >= 11 is 0. The minimum absolute atomic E-state index is 0.957. The Hall–Kier alpha value is 0. The van der Waals surface area contributed by atoms with Gasteiger partial charge < -0.3 is 0 Å². The van der Waals surface area contributed by atoms with Crippen molar-refractivity contribution >= 4 is 0 Å². The lowest BCUT2D eigenvalue weighted by molar-refractivity contribution is 0.252. The molecule has 1 fully saturated rings. The van der Waals surface area contributed by atoms with Crippen LogP contribution < -0.4 is 0 Å². The van der Waals surface area contributed by atoms with Crippen LogP contribution in [0.15, 0.2) is 0 Å².